The van der Waals surface area contributed by atoms with Crippen molar-refractivity contribution in [1.82, 2.24) is 4.90 Å². The summed E-state index contributed by atoms with van der Waals surface area (Å²) < 4.78 is 53.2. The van der Waals surface area contributed by atoms with Crippen LogP contribution < -0.4 is 19.5 Å². The van der Waals surface area contributed by atoms with E-state index in [9.17, 15) is 23.1 Å². The van der Waals surface area contributed by atoms with Crippen molar-refractivity contribution in [3.63, 3.8) is 0 Å². The van der Waals surface area contributed by atoms with E-state index in [0.717, 1.165) is 24.7 Å². The van der Waals surface area contributed by atoms with Crippen LogP contribution in [0.4, 0.5) is 18.9 Å². The van der Waals surface area contributed by atoms with E-state index >= 15 is 0 Å². The molecule has 0 atom stereocenters. The van der Waals surface area contributed by atoms with Crippen LogP contribution in [-0.2, 0) is 20.0 Å². The molecule has 0 saturated carbocycles. The molecule has 1 aliphatic rings. The maximum atomic E-state index is 12.6. The molecular weight excluding hydrogens is 613 g/mol. The second kappa shape index (κ2) is 16.3. The third kappa shape index (κ3) is 11.4. The standard InChI is InChI=1S/C30H31F3N2O5.C2H2O4/c1-38-25-19-24(34-28(36)12-11-22-7-5-6-10-27(22)40-30(31,32)33)20-26(21-25)39-18-17-35-15-13-29(37,14-16-35)23-8-3-2-4-9-23;3-1(4)2(5)6/h2-12,19-21,37H,13-18H2,1H3,(H,34,36);(H,3,4)(H,5,6)/b12-11+;. The van der Waals surface area contributed by atoms with E-state index in [4.69, 9.17) is 29.3 Å². The molecule has 0 bridgehead atoms. The number of amides is 1. The largest absolute Gasteiger partial charge is 0.573 e. The van der Waals surface area contributed by atoms with E-state index in [0.29, 0.717) is 43.2 Å². The SMILES string of the molecule is COc1cc(NC(=O)/C=C/c2ccccc2OC(F)(F)F)cc(OCCN2CCC(O)(c3ccccc3)CC2)c1.O=C(O)C(=O)O. The molecule has 0 aromatic heterocycles. The molecule has 11 nitrogen and oxygen atoms in total. The van der Waals surface area contributed by atoms with Crippen LogP contribution in [0.25, 0.3) is 6.08 Å². The zero-order valence-corrected chi connectivity index (χ0v) is 24.7. The van der Waals surface area contributed by atoms with Gasteiger partial charge in [-0.3, -0.25) is 9.69 Å². The molecule has 0 radical (unpaired) electrons. The van der Waals surface area contributed by atoms with Crippen LogP contribution in [0.15, 0.2) is 78.9 Å². The van der Waals surface area contributed by atoms with E-state index in [1.54, 1.807) is 24.3 Å². The number of methoxy groups -OCH3 is 1. The van der Waals surface area contributed by atoms with Gasteiger partial charge < -0.3 is 34.8 Å². The highest BCUT2D eigenvalue weighted by Crippen LogP contribution is 2.33. The second-order valence-corrected chi connectivity index (χ2v) is 10.0. The number of benzene rings is 3. The average molecular weight is 647 g/mol. The number of hydrogen-bond acceptors (Lipinski definition) is 8. The van der Waals surface area contributed by atoms with Gasteiger partial charge in [0.05, 0.1) is 12.7 Å². The molecule has 4 rings (SSSR count). The molecule has 1 heterocycles. The number of anilines is 1. The van der Waals surface area contributed by atoms with Crippen molar-refractivity contribution in [2.75, 3.05) is 38.7 Å². The summed E-state index contributed by atoms with van der Waals surface area (Å²) in [6.07, 6.45) is -1.22. The Morgan fingerprint density at radius 1 is 0.935 bits per heavy atom. The Hall–Kier alpha value is -5.08. The summed E-state index contributed by atoms with van der Waals surface area (Å²) >= 11 is 0. The maximum Gasteiger partial charge on any atom is 0.573 e. The van der Waals surface area contributed by atoms with Gasteiger partial charge in [0, 0.05) is 55.2 Å². The zero-order chi connectivity index (χ0) is 33.7. The van der Waals surface area contributed by atoms with Crippen LogP contribution in [0.5, 0.6) is 17.2 Å². The Balaban J connectivity index is 0.000000875. The molecule has 1 amide bonds. The highest BCUT2D eigenvalue weighted by molar-refractivity contribution is 6.27. The number of carbonyl (C=O) groups is 3. The smallest absolute Gasteiger partial charge is 0.497 e. The van der Waals surface area contributed by atoms with Gasteiger partial charge >= 0.3 is 18.3 Å². The van der Waals surface area contributed by atoms with Crippen LogP contribution in [0, 0.1) is 0 Å². The number of aliphatic hydroxyl groups is 1. The Labute approximate surface area is 262 Å². The number of ether oxygens (including phenoxy) is 3. The lowest BCUT2D eigenvalue weighted by molar-refractivity contribution is -0.274. The quantitative estimate of drug-likeness (QED) is 0.179. The third-order valence-corrected chi connectivity index (χ3v) is 6.80. The fourth-order valence-corrected chi connectivity index (χ4v) is 4.51. The molecular formula is C32H33F3N2O9. The van der Waals surface area contributed by atoms with Crippen molar-refractivity contribution in [2.45, 2.75) is 24.8 Å². The first-order valence-electron chi connectivity index (χ1n) is 13.9. The molecule has 0 aliphatic carbocycles. The van der Waals surface area contributed by atoms with E-state index in [1.165, 1.54) is 31.4 Å². The lowest BCUT2D eigenvalue weighted by Gasteiger charge is -2.38. The molecule has 1 aliphatic heterocycles. The minimum absolute atomic E-state index is 0.101. The van der Waals surface area contributed by atoms with Gasteiger partial charge in [-0.1, -0.05) is 48.5 Å². The van der Waals surface area contributed by atoms with Gasteiger partial charge in [-0.15, -0.1) is 13.2 Å². The summed E-state index contributed by atoms with van der Waals surface area (Å²) in [5.41, 5.74) is 0.616. The van der Waals surface area contributed by atoms with Gasteiger partial charge in [-0.05, 0) is 30.5 Å². The first-order chi connectivity index (χ1) is 21.8. The molecule has 3 aromatic carbocycles. The van der Waals surface area contributed by atoms with Crippen molar-refractivity contribution in [3.05, 3.63) is 90.0 Å². The fourth-order valence-electron chi connectivity index (χ4n) is 4.51. The normalized spacial score (nSPS) is 14.5. The van der Waals surface area contributed by atoms with Gasteiger partial charge in [0.15, 0.2) is 0 Å². The lowest BCUT2D eigenvalue weighted by atomic mass is 9.84. The molecule has 246 valence electrons. The molecule has 3 aromatic rings. The Bertz CT molecular complexity index is 1490. The number of rotatable bonds is 10. The van der Waals surface area contributed by atoms with Gasteiger partial charge in [-0.2, -0.15) is 0 Å². The minimum atomic E-state index is -4.84. The van der Waals surface area contributed by atoms with Crippen molar-refractivity contribution in [3.8, 4) is 17.2 Å². The fraction of sp³-hybridized carbons (Fsp3) is 0.281. The third-order valence-electron chi connectivity index (χ3n) is 6.80. The number of nitrogens with zero attached hydrogens (tertiary/aromatic N) is 1. The van der Waals surface area contributed by atoms with Crippen LogP contribution >= 0.6 is 0 Å². The zero-order valence-electron chi connectivity index (χ0n) is 24.7. The number of alkyl halides is 3. The molecule has 4 N–H and O–H groups in total. The summed E-state index contributed by atoms with van der Waals surface area (Å²) in [6.45, 7) is 2.52. The molecule has 0 unspecified atom stereocenters. The first kappa shape index (κ1) is 35.4. The first-order valence-corrected chi connectivity index (χ1v) is 13.9. The van der Waals surface area contributed by atoms with Crippen molar-refractivity contribution in [2.24, 2.45) is 0 Å². The predicted molar refractivity (Wildman–Crippen MR) is 161 cm³/mol. The van der Waals surface area contributed by atoms with E-state index < -0.39 is 35.6 Å². The topological polar surface area (TPSA) is 155 Å². The van der Waals surface area contributed by atoms with E-state index in [2.05, 4.69) is 15.0 Å². The molecule has 0 spiro atoms. The maximum absolute atomic E-state index is 12.6. The predicted octanol–water partition coefficient (Wildman–Crippen LogP) is 4.76. The summed E-state index contributed by atoms with van der Waals surface area (Å²) in [6, 6.07) is 20.2. The number of aliphatic carboxylic acids is 2. The summed E-state index contributed by atoms with van der Waals surface area (Å²) in [5, 5.41) is 28.5. The number of carboxylic acids is 2. The Kier molecular flexibility index (Phi) is 12.5. The number of likely N-dealkylation sites (tertiary alicyclic amines) is 1. The number of hydrogen-bond donors (Lipinski definition) is 4. The minimum Gasteiger partial charge on any atom is -0.497 e. The number of carboxylic acid groups (broad SMARTS) is 2. The lowest BCUT2D eigenvalue weighted by Crippen LogP contribution is -2.43. The number of carbonyl (C=O) groups excluding carboxylic acids is 1. The highest BCUT2D eigenvalue weighted by Gasteiger charge is 2.34. The van der Waals surface area contributed by atoms with Crippen LogP contribution in [0.3, 0.4) is 0 Å². The monoisotopic (exact) mass is 646 g/mol. The van der Waals surface area contributed by atoms with Crippen molar-refractivity contribution in [1.29, 1.82) is 0 Å². The molecule has 14 heteroatoms. The van der Waals surface area contributed by atoms with E-state index in [1.807, 2.05) is 30.3 Å². The summed E-state index contributed by atoms with van der Waals surface area (Å²) in [5.74, 6) is -3.66. The Morgan fingerprint density at radius 3 is 2.15 bits per heavy atom. The molecule has 46 heavy (non-hydrogen) atoms. The van der Waals surface area contributed by atoms with Crippen LogP contribution in [0.2, 0.25) is 0 Å². The number of piperidine rings is 1. The molecule has 1 fully saturated rings. The average Bonchev–Trinajstić information content (AvgIpc) is 3.01. The highest BCUT2D eigenvalue weighted by atomic mass is 19.4. The summed E-state index contributed by atoms with van der Waals surface area (Å²) in [7, 11) is 1.49. The van der Waals surface area contributed by atoms with Crippen LogP contribution in [-0.4, -0.2) is 77.8 Å². The van der Waals surface area contributed by atoms with E-state index in [-0.39, 0.29) is 5.56 Å². The number of halogens is 3. The van der Waals surface area contributed by atoms with Crippen LogP contribution in [0.1, 0.15) is 24.0 Å². The molecule has 1 saturated heterocycles. The summed E-state index contributed by atoms with van der Waals surface area (Å²) in [4.78, 5) is 32.9. The Morgan fingerprint density at radius 2 is 1.54 bits per heavy atom. The second-order valence-electron chi connectivity index (χ2n) is 10.0. The van der Waals surface area contributed by atoms with Gasteiger partial charge in [0.25, 0.3) is 0 Å². The van der Waals surface area contributed by atoms with Gasteiger partial charge in [0.1, 0.15) is 23.9 Å². The van der Waals surface area contributed by atoms with Gasteiger partial charge in [-0.25, -0.2) is 9.59 Å². The number of para-hydroxylation sites is 1. The van der Waals surface area contributed by atoms with Gasteiger partial charge in [0.2, 0.25) is 5.91 Å². The number of nitrogens with one attached hydrogen (secondary N) is 1. The van der Waals surface area contributed by atoms with Crippen molar-refractivity contribution >= 4 is 29.6 Å². The van der Waals surface area contributed by atoms with Crippen molar-refractivity contribution < 1.29 is 57.1 Å².